The Morgan fingerprint density at radius 1 is 0.750 bits per heavy atom. The summed E-state index contributed by atoms with van der Waals surface area (Å²) in [6, 6.07) is 20.2. The van der Waals surface area contributed by atoms with E-state index in [9.17, 15) is 0 Å². The highest BCUT2D eigenvalue weighted by Gasteiger charge is 2.34. The first-order chi connectivity index (χ1) is 9.74. The zero-order valence-corrected chi connectivity index (χ0v) is 11.7. The van der Waals surface area contributed by atoms with E-state index in [2.05, 4.69) is 48.5 Å². The summed E-state index contributed by atoms with van der Waals surface area (Å²) in [5.74, 6) is 0.602. The topological polar surface area (TPSA) is 52.0 Å². The molecule has 20 heavy (non-hydrogen) atoms. The van der Waals surface area contributed by atoms with E-state index in [0.29, 0.717) is 18.0 Å². The van der Waals surface area contributed by atoms with Gasteiger partial charge in [0.25, 0.3) is 0 Å². The summed E-state index contributed by atoms with van der Waals surface area (Å²) < 4.78 is 0. The van der Waals surface area contributed by atoms with Gasteiger partial charge in [-0.05, 0) is 36.0 Å². The van der Waals surface area contributed by atoms with Crippen molar-refractivity contribution in [2.75, 3.05) is 0 Å². The van der Waals surface area contributed by atoms with E-state index in [4.69, 9.17) is 11.5 Å². The molecule has 0 spiro atoms. The molecule has 2 atom stereocenters. The van der Waals surface area contributed by atoms with Gasteiger partial charge in [0.1, 0.15) is 0 Å². The lowest BCUT2D eigenvalue weighted by Gasteiger charge is -2.03. The van der Waals surface area contributed by atoms with Crippen LogP contribution >= 0.6 is 0 Å². The largest absolute Gasteiger partial charge is 0.328 e. The summed E-state index contributed by atoms with van der Waals surface area (Å²) in [6.07, 6.45) is 3.67. The summed E-state index contributed by atoms with van der Waals surface area (Å²) >= 11 is 0. The Hall–Kier alpha value is -1.64. The SMILES string of the molecule is NC1CC1.NC1CC1c1ccc(-c2ccccc2)cc1. The molecule has 2 aliphatic rings. The van der Waals surface area contributed by atoms with Crippen LogP contribution in [0.15, 0.2) is 54.6 Å². The van der Waals surface area contributed by atoms with Crippen molar-refractivity contribution >= 4 is 0 Å². The highest BCUT2D eigenvalue weighted by atomic mass is 14.7. The van der Waals surface area contributed by atoms with Crippen LogP contribution in [-0.2, 0) is 0 Å². The van der Waals surface area contributed by atoms with Gasteiger partial charge in [-0.2, -0.15) is 0 Å². The van der Waals surface area contributed by atoms with E-state index in [1.165, 1.54) is 29.5 Å². The van der Waals surface area contributed by atoms with Gasteiger partial charge in [-0.25, -0.2) is 0 Å². The van der Waals surface area contributed by atoms with E-state index < -0.39 is 0 Å². The van der Waals surface area contributed by atoms with E-state index in [0.717, 1.165) is 6.42 Å². The number of nitrogens with two attached hydrogens (primary N) is 2. The van der Waals surface area contributed by atoms with Gasteiger partial charge in [-0.3, -0.25) is 0 Å². The number of hydrogen-bond acceptors (Lipinski definition) is 2. The lowest BCUT2D eigenvalue weighted by Crippen LogP contribution is -2.00. The second-order valence-corrected chi connectivity index (χ2v) is 5.83. The van der Waals surface area contributed by atoms with E-state index in [1.54, 1.807) is 0 Å². The van der Waals surface area contributed by atoms with Crippen LogP contribution < -0.4 is 11.5 Å². The summed E-state index contributed by atoms with van der Waals surface area (Å²) in [7, 11) is 0. The lowest BCUT2D eigenvalue weighted by atomic mass is 10.0. The molecule has 2 saturated carbocycles. The van der Waals surface area contributed by atoms with Crippen molar-refractivity contribution < 1.29 is 0 Å². The molecule has 0 saturated heterocycles. The summed E-state index contributed by atoms with van der Waals surface area (Å²) in [5, 5.41) is 0. The second kappa shape index (κ2) is 5.78. The van der Waals surface area contributed by atoms with Gasteiger partial charge in [-0.1, -0.05) is 54.6 Å². The molecule has 0 heterocycles. The van der Waals surface area contributed by atoms with Crippen molar-refractivity contribution in [1.29, 1.82) is 0 Å². The molecule has 4 rings (SSSR count). The van der Waals surface area contributed by atoms with Crippen LogP contribution in [0.25, 0.3) is 11.1 Å². The van der Waals surface area contributed by atoms with Gasteiger partial charge < -0.3 is 11.5 Å². The Bertz CT molecular complexity index is 543. The van der Waals surface area contributed by atoms with Gasteiger partial charge in [0.05, 0.1) is 0 Å². The van der Waals surface area contributed by atoms with Crippen LogP contribution in [0.4, 0.5) is 0 Å². The van der Waals surface area contributed by atoms with E-state index >= 15 is 0 Å². The Morgan fingerprint density at radius 2 is 1.25 bits per heavy atom. The van der Waals surface area contributed by atoms with Crippen LogP contribution in [0.2, 0.25) is 0 Å². The first-order valence-corrected chi connectivity index (χ1v) is 7.40. The van der Waals surface area contributed by atoms with Gasteiger partial charge in [-0.15, -0.1) is 0 Å². The van der Waals surface area contributed by atoms with Gasteiger partial charge in [0.15, 0.2) is 0 Å². The maximum absolute atomic E-state index is 5.85. The molecular formula is C18H22N2. The summed E-state index contributed by atoms with van der Waals surface area (Å²) in [6.45, 7) is 0. The maximum Gasteiger partial charge on any atom is 0.0115 e. The third-order valence-electron chi connectivity index (χ3n) is 3.91. The Labute approximate surface area is 120 Å². The number of rotatable bonds is 2. The van der Waals surface area contributed by atoms with Crippen LogP contribution in [-0.4, -0.2) is 12.1 Å². The predicted molar refractivity (Wildman–Crippen MR) is 84.4 cm³/mol. The highest BCUT2D eigenvalue weighted by molar-refractivity contribution is 5.63. The number of hydrogen-bond donors (Lipinski definition) is 2. The Morgan fingerprint density at radius 3 is 1.70 bits per heavy atom. The van der Waals surface area contributed by atoms with Crippen molar-refractivity contribution in [3.63, 3.8) is 0 Å². The van der Waals surface area contributed by atoms with Crippen molar-refractivity contribution in [3.05, 3.63) is 60.2 Å². The fourth-order valence-electron chi connectivity index (χ4n) is 2.25. The normalized spacial score (nSPS) is 23.7. The zero-order chi connectivity index (χ0) is 13.9. The van der Waals surface area contributed by atoms with Crippen molar-refractivity contribution in [2.24, 2.45) is 11.5 Å². The lowest BCUT2D eigenvalue weighted by molar-refractivity contribution is 0.991. The molecule has 2 aliphatic carbocycles. The monoisotopic (exact) mass is 266 g/mol. The van der Waals surface area contributed by atoms with Gasteiger partial charge >= 0.3 is 0 Å². The molecule has 2 aromatic rings. The number of benzene rings is 2. The maximum atomic E-state index is 5.85. The van der Waals surface area contributed by atoms with E-state index in [-0.39, 0.29) is 0 Å². The quantitative estimate of drug-likeness (QED) is 0.876. The summed E-state index contributed by atoms with van der Waals surface area (Å²) in [5.41, 5.74) is 15.0. The molecule has 2 heteroatoms. The average molecular weight is 266 g/mol. The Balaban J connectivity index is 0.000000261. The third kappa shape index (κ3) is 3.47. The van der Waals surface area contributed by atoms with Crippen LogP contribution in [0.3, 0.4) is 0 Å². The van der Waals surface area contributed by atoms with E-state index in [1.807, 2.05) is 6.07 Å². The first kappa shape index (κ1) is 13.3. The zero-order valence-electron chi connectivity index (χ0n) is 11.7. The minimum atomic E-state index is 0.391. The molecular weight excluding hydrogens is 244 g/mol. The average Bonchev–Trinajstić information content (AvgIpc) is 3.41. The third-order valence-corrected chi connectivity index (χ3v) is 3.91. The molecule has 0 aromatic heterocycles. The van der Waals surface area contributed by atoms with Crippen LogP contribution in [0.5, 0.6) is 0 Å². The predicted octanol–water partition coefficient (Wildman–Crippen LogP) is 3.28. The standard InChI is InChI=1S/C15H15N.C3H7N/c16-15-10-14(15)13-8-6-12(7-9-13)11-4-2-1-3-5-11;4-3-1-2-3/h1-9,14-15H,10,16H2;3H,1-2,4H2. The van der Waals surface area contributed by atoms with Crippen LogP contribution in [0, 0.1) is 0 Å². The molecule has 2 unspecified atom stereocenters. The molecule has 0 aliphatic heterocycles. The minimum Gasteiger partial charge on any atom is -0.328 e. The smallest absolute Gasteiger partial charge is 0.0115 e. The molecule has 0 bridgehead atoms. The molecule has 2 nitrogen and oxygen atoms in total. The Kier molecular flexibility index (Phi) is 3.86. The fourth-order valence-corrected chi connectivity index (χ4v) is 2.25. The minimum absolute atomic E-state index is 0.391. The van der Waals surface area contributed by atoms with Crippen LogP contribution in [0.1, 0.15) is 30.7 Å². The second-order valence-electron chi connectivity index (χ2n) is 5.83. The molecule has 2 fully saturated rings. The van der Waals surface area contributed by atoms with Crippen molar-refractivity contribution in [3.8, 4) is 11.1 Å². The molecule has 2 aromatic carbocycles. The molecule has 4 N–H and O–H groups in total. The van der Waals surface area contributed by atoms with Gasteiger partial charge in [0.2, 0.25) is 0 Å². The van der Waals surface area contributed by atoms with Gasteiger partial charge in [0, 0.05) is 18.0 Å². The molecule has 104 valence electrons. The van der Waals surface area contributed by atoms with Crippen molar-refractivity contribution in [2.45, 2.75) is 37.3 Å². The first-order valence-electron chi connectivity index (χ1n) is 7.40. The summed E-state index contributed by atoms with van der Waals surface area (Å²) in [4.78, 5) is 0. The highest BCUT2D eigenvalue weighted by Crippen LogP contribution is 2.39. The molecule has 0 radical (unpaired) electrons. The fraction of sp³-hybridized carbons (Fsp3) is 0.333. The van der Waals surface area contributed by atoms with Crippen molar-refractivity contribution in [1.82, 2.24) is 0 Å². The molecule has 0 amide bonds.